The molecule has 0 bridgehead atoms. The Labute approximate surface area is 126 Å². The monoisotopic (exact) mass is 301 g/mol. The minimum Gasteiger partial charge on any atom is -0.459 e. The van der Waals surface area contributed by atoms with Crippen LogP contribution in [0.25, 0.3) is 0 Å². The summed E-state index contributed by atoms with van der Waals surface area (Å²) >= 11 is 0. The van der Waals surface area contributed by atoms with Crippen molar-refractivity contribution in [3.8, 4) is 0 Å². The van der Waals surface area contributed by atoms with Crippen molar-refractivity contribution < 1.29 is 19.1 Å². The van der Waals surface area contributed by atoms with Gasteiger partial charge in [0, 0.05) is 6.54 Å². The molecule has 0 fully saturated rings. The largest absolute Gasteiger partial charge is 0.459 e. The Morgan fingerprint density at radius 1 is 1.19 bits per heavy atom. The minimum atomic E-state index is -0.589. The normalized spacial score (nSPS) is 11.3. The van der Waals surface area contributed by atoms with Gasteiger partial charge in [-0.25, -0.2) is 0 Å². The number of hydrogen-bond acceptors (Lipinski definition) is 5. The van der Waals surface area contributed by atoms with Crippen LogP contribution in [-0.4, -0.2) is 54.5 Å². The van der Waals surface area contributed by atoms with Gasteiger partial charge in [0.25, 0.3) is 0 Å². The van der Waals surface area contributed by atoms with Crippen molar-refractivity contribution >= 4 is 17.8 Å². The first-order chi connectivity index (χ1) is 9.51. The van der Waals surface area contributed by atoms with Gasteiger partial charge in [-0.2, -0.15) is 0 Å². The van der Waals surface area contributed by atoms with Gasteiger partial charge < -0.3 is 15.4 Å². The molecule has 0 spiro atoms. The molecule has 0 aromatic heterocycles. The number of rotatable bonds is 8. The van der Waals surface area contributed by atoms with Gasteiger partial charge in [0.05, 0.1) is 13.1 Å². The lowest BCUT2D eigenvalue weighted by Crippen LogP contribution is -2.45. The second-order valence-electron chi connectivity index (χ2n) is 6.32. The number of nitrogens with one attached hydrogen (secondary N) is 1. The molecule has 0 radical (unpaired) electrons. The van der Waals surface area contributed by atoms with E-state index in [1.54, 1.807) is 20.8 Å². The van der Waals surface area contributed by atoms with Crippen LogP contribution in [0.15, 0.2) is 0 Å². The maximum Gasteiger partial charge on any atom is 0.326 e. The van der Waals surface area contributed by atoms with Crippen molar-refractivity contribution in [2.45, 2.75) is 40.2 Å². The van der Waals surface area contributed by atoms with Crippen molar-refractivity contribution in [1.29, 1.82) is 0 Å². The van der Waals surface area contributed by atoms with E-state index in [1.165, 1.54) is 4.90 Å². The van der Waals surface area contributed by atoms with Gasteiger partial charge >= 0.3 is 5.97 Å². The summed E-state index contributed by atoms with van der Waals surface area (Å²) in [5, 5.41) is 2.64. The average Bonchev–Trinajstić information content (AvgIpc) is 2.23. The second-order valence-corrected chi connectivity index (χ2v) is 6.32. The fourth-order valence-corrected chi connectivity index (χ4v) is 1.63. The molecule has 7 heteroatoms. The number of nitrogens with two attached hydrogens (primary N) is 1. The molecular weight excluding hydrogens is 274 g/mol. The fourth-order valence-electron chi connectivity index (χ4n) is 1.63. The molecule has 3 N–H and O–H groups in total. The number of ether oxygens (including phenoxy) is 1. The third-order valence-corrected chi connectivity index (χ3v) is 2.25. The van der Waals surface area contributed by atoms with E-state index in [4.69, 9.17) is 10.5 Å². The van der Waals surface area contributed by atoms with E-state index in [0.717, 1.165) is 0 Å². The van der Waals surface area contributed by atoms with Gasteiger partial charge in [-0.05, 0) is 26.7 Å². The molecule has 0 rings (SSSR count). The van der Waals surface area contributed by atoms with Crippen molar-refractivity contribution in [3.05, 3.63) is 0 Å². The number of primary amides is 1. The van der Waals surface area contributed by atoms with Crippen LogP contribution >= 0.6 is 0 Å². The van der Waals surface area contributed by atoms with E-state index in [2.05, 4.69) is 5.32 Å². The maximum absolute atomic E-state index is 12.1. The van der Waals surface area contributed by atoms with E-state index in [0.29, 0.717) is 6.54 Å². The van der Waals surface area contributed by atoms with Crippen LogP contribution in [0.2, 0.25) is 0 Å². The third-order valence-electron chi connectivity index (χ3n) is 2.25. The van der Waals surface area contributed by atoms with Crippen LogP contribution in [0.1, 0.15) is 34.6 Å². The summed E-state index contributed by atoms with van der Waals surface area (Å²) in [5.41, 5.74) is 4.40. The predicted octanol–water partition coefficient (Wildman–Crippen LogP) is -0.112. The van der Waals surface area contributed by atoms with E-state index < -0.39 is 17.5 Å². The molecule has 7 nitrogen and oxygen atoms in total. The van der Waals surface area contributed by atoms with Crippen molar-refractivity contribution in [2.24, 2.45) is 11.7 Å². The van der Waals surface area contributed by atoms with Crippen LogP contribution in [-0.2, 0) is 19.1 Å². The van der Waals surface area contributed by atoms with Gasteiger partial charge in [0.1, 0.15) is 12.1 Å². The minimum absolute atomic E-state index is 0.0432. The molecule has 0 heterocycles. The van der Waals surface area contributed by atoms with Gasteiger partial charge in [0.2, 0.25) is 11.8 Å². The summed E-state index contributed by atoms with van der Waals surface area (Å²) in [6.45, 7) is 9.43. The summed E-state index contributed by atoms with van der Waals surface area (Å²) in [7, 11) is 0. The van der Waals surface area contributed by atoms with E-state index in [9.17, 15) is 14.4 Å². The summed E-state index contributed by atoms with van der Waals surface area (Å²) in [4.78, 5) is 35.9. The second kappa shape index (κ2) is 8.61. The number of amides is 2. The smallest absolute Gasteiger partial charge is 0.326 e. The molecule has 0 unspecified atom stereocenters. The predicted molar refractivity (Wildman–Crippen MR) is 79.3 cm³/mol. The van der Waals surface area contributed by atoms with Crippen molar-refractivity contribution in [2.75, 3.05) is 26.2 Å². The number of nitrogens with zero attached hydrogens (tertiary/aromatic N) is 1. The first-order valence-electron chi connectivity index (χ1n) is 7.00. The first kappa shape index (κ1) is 19.4. The van der Waals surface area contributed by atoms with Crippen LogP contribution < -0.4 is 11.1 Å². The topological polar surface area (TPSA) is 102 Å². The van der Waals surface area contributed by atoms with Crippen molar-refractivity contribution in [3.63, 3.8) is 0 Å². The van der Waals surface area contributed by atoms with Crippen LogP contribution in [0.5, 0.6) is 0 Å². The molecule has 0 aromatic carbocycles. The van der Waals surface area contributed by atoms with Gasteiger partial charge in [-0.1, -0.05) is 13.8 Å². The highest BCUT2D eigenvalue weighted by Gasteiger charge is 2.22. The number of carbonyl (C=O) groups excluding carboxylic acids is 3. The Hall–Kier alpha value is -1.63. The molecular formula is C14H27N3O4. The van der Waals surface area contributed by atoms with Crippen molar-refractivity contribution in [1.82, 2.24) is 10.2 Å². The Balaban J connectivity index is 4.53. The molecule has 21 heavy (non-hydrogen) atoms. The van der Waals surface area contributed by atoms with Crippen LogP contribution in [0.3, 0.4) is 0 Å². The Kier molecular flexibility index (Phi) is 7.94. The third kappa shape index (κ3) is 10.8. The fraction of sp³-hybridized carbons (Fsp3) is 0.786. The average molecular weight is 301 g/mol. The molecule has 0 aliphatic carbocycles. The van der Waals surface area contributed by atoms with E-state index in [1.807, 2.05) is 13.8 Å². The molecule has 0 atom stereocenters. The Morgan fingerprint density at radius 3 is 2.19 bits per heavy atom. The number of esters is 1. The molecule has 122 valence electrons. The molecule has 0 aliphatic heterocycles. The van der Waals surface area contributed by atoms with Gasteiger partial charge in [-0.15, -0.1) is 0 Å². The van der Waals surface area contributed by atoms with Gasteiger partial charge in [-0.3, -0.25) is 19.7 Å². The lowest BCUT2D eigenvalue weighted by Gasteiger charge is -2.26. The Bertz CT molecular complexity index is 375. The number of carbonyl (C=O) groups is 3. The van der Waals surface area contributed by atoms with Crippen LogP contribution in [0.4, 0.5) is 0 Å². The summed E-state index contributed by atoms with van der Waals surface area (Å²) < 4.78 is 5.22. The molecule has 0 aliphatic rings. The zero-order valence-corrected chi connectivity index (χ0v) is 13.6. The molecule has 0 aromatic rings. The summed E-state index contributed by atoms with van der Waals surface area (Å²) in [6, 6.07) is 0. The zero-order valence-electron chi connectivity index (χ0n) is 13.6. The standard InChI is InChI=1S/C14H27N3O4/c1-10(2)8-17(9-13(20)21-14(3,4)5)12(19)7-16-6-11(15)18/h10,16H,6-9H2,1-5H3,(H2,15,18). The summed E-state index contributed by atoms with van der Waals surface area (Å²) in [6.07, 6.45) is 0. The maximum atomic E-state index is 12.1. The quantitative estimate of drug-likeness (QED) is 0.609. The zero-order chi connectivity index (χ0) is 16.6. The molecule has 2 amide bonds. The highest BCUT2D eigenvalue weighted by atomic mass is 16.6. The highest BCUT2D eigenvalue weighted by Crippen LogP contribution is 2.08. The van der Waals surface area contributed by atoms with Gasteiger partial charge in [0.15, 0.2) is 0 Å². The molecule has 0 saturated heterocycles. The van der Waals surface area contributed by atoms with E-state index >= 15 is 0 Å². The first-order valence-corrected chi connectivity index (χ1v) is 7.00. The number of hydrogen-bond donors (Lipinski definition) is 2. The summed E-state index contributed by atoms with van der Waals surface area (Å²) in [5.74, 6) is -1.04. The van der Waals surface area contributed by atoms with Crippen LogP contribution in [0, 0.1) is 5.92 Å². The highest BCUT2D eigenvalue weighted by molar-refractivity contribution is 5.84. The molecule has 0 saturated carbocycles. The lowest BCUT2D eigenvalue weighted by molar-refractivity contribution is -0.159. The van der Waals surface area contributed by atoms with E-state index in [-0.39, 0.29) is 31.5 Å². The SMILES string of the molecule is CC(C)CN(CC(=O)OC(C)(C)C)C(=O)CNCC(N)=O. The Morgan fingerprint density at radius 2 is 1.76 bits per heavy atom. The lowest BCUT2D eigenvalue weighted by atomic mass is 10.2.